The van der Waals surface area contributed by atoms with Crippen LogP contribution in [0.5, 0.6) is 0 Å². The zero-order valence-corrected chi connectivity index (χ0v) is 5.89. The van der Waals surface area contributed by atoms with Gasteiger partial charge in [-0.1, -0.05) is 6.58 Å². The number of hydrogen-bond donors (Lipinski definition) is 1. The van der Waals surface area contributed by atoms with Gasteiger partial charge in [0.05, 0.1) is 0 Å². The summed E-state index contributed by atoms with van der Waals surface area (Å²) in [5, 5.41) is 0. The Kier molecular flexibility index (Phi) is 3.44. The first-order valence-corrected chi connectivity index (χ1v) is 2.75. The molecule has 0 aromatic carbocycles. The Morgan fingerprint density at radius 1 is 1.56 bits per heavy atom. The molecular weight excluding hydrogens is 112 g/mol. The van der Waals surface area contributed by atoms with Crippen molar-refractivity contribution in [2.24, 2.45) is 10.7 Å². The van der Waals surface area contributed by atoms with E-state index < -0.39 is 0 Å². The van der Waals surface area contributed by atoms with E-state index in [1.807, 2.05) is 13.8 Å². The van der Waals surface area contributed by atoms with Crippen LogP contribution in [0.3, 0.4) is 0 Å². The van der Waals surface area contributed by atoms with Crippen molar-refractivity contribution in [1.29, 1.82) is 0 Å². The maximum absolute atomic E-state index is 5.06. The Balaban J connectivity index is 4.00. The molecule has 0 aliphatic rings. The van der Waals surface area contributed by atoms with E-state index in [0.717, 1.165) is 11.3 Å². The second kappa shape index (κ2) is 3.89. The topological polar surface area (TPSA) is 38.4 Å². The van der Waals surface area contributed by atoms with Gasteiger partial charge in [0.25, 0.3) is 0 Å². The van der Waals surface area contributed by atoms with Crippen molar-refractivity contribution >= 4 is 5.71 Å². The van der Waals surface area contributed by atoms with Crippen LogP contribution in [0.15, 0.2) is 29.5 Å². The van der Waals surface area contributed by atoms with Crippen LogP contribution in [0, 0.1) is 0 Å². The van der Waals surface area contributed by atoms with Crippen LogP contribution in [0.25, 0.3) is 0 Å². The first-order valence-electron chi connectivity index (χ1n) is 2.75. The average molecular weight is 124 g/mol. The summed E-state index contributed by atoms with van der Waals surface area (Å²) in [5.74, 6) is 0. The van der Waals surface area contributed by atoms with Crippen molar-refractivity contribution in [3.63, 3.8) is 0 Å². The average Bonchev–Trinajstić information content (AvgIpc) is 1.82. The predicted molar refractivity (Wildman–Crippen MR) is 41.3 cm³/mol. The molecule has 2 nitrogen and oxygen atoms in total. The molecular formula is C7H12N2. The van der Waals surface area contributed by atoms with Gasteiger partial charge >= 0.3 is 0 Å². The standard InChI is InChI=1S/C7H12N2/c1-6(2)7(3)9-5-4-8/h4-5H,1,8H2,2-3H3/b5-4-,9-7?. The fourth-order valence-corrected chi connectivity index (χ4v) is 0.265. The van der Waals surface area contributed by atoms with Gasteiger partial charge < -0.3 is 5.73 Å². The van der Waals surface area contributed by atoms with Gasteiger partial charge in [-0.3, -0.25) is 4.99 Å². The zero-order valence-electron chi connectivity index (χ0n) is 5.89. The lowest BCUT2D eigenvalue weighted by atomic mass is 10.2. The van der Waals surface area contributed by atoms with E-state index in [2.05, 4.69) is 11.6 Å². The molecule has 0 bridgehead atoms. The number of nitrogens with zero attached hydrogens (tertiary/aromatic N) is 1. The van der Waals surface area contributed by atoms with Gasteiger partial charge in [0.15, 0.2) is 0 Å². The summed E-state index contributed by atoms with van der Waals surface area (Å²) >= 11 is 0. The van der Waals surface area contributed by atoms with Crippen molar-refractivity contribution in [3.05, 3.63) is 24.6 Å². The second-order valence-corrected chi connectivity index (χ2v) is 1.84. The molecule has 0 aromatic rings. The quantitative estimate of drug-likeness (QED) is 0.556. The summed E-state index contributed by atoms with van der Waals surface area (Å²) in [5.41, 5.74) is 6.94. The summed E-state index contributed by atoms with van der Waals surface area (Å²) < 4.78 is 0. The highest BCUT2D eigenvalue weighted by Gasteiger charge is 1.85. The number of nitrogens with two attached hydrogens (primary N) is 1. The van der Waals surface area contributed by atoms with Crippen molar-refractivity contribution in [3.8, 4) is 0 Å². The van der Waals surface area contributed by atoms with E-state index in [4.69, 9.17) is 5.73 Å². The minimum absolute atomic E-state index is 0.914. The summed E-state index contributed by atoms with van der Waals surface area (Å²) in [6, 6.07) is 0. The van der Waals surface area contributed by atoms with Crippen LogP contribution < -0.4 is 5.73 Å². The van der Waals surface area contributed by atoms with Gasteiger partial charge in [0, 0.05) is 18.1 Å². The highest BCUT2D eigenvalue weighted by atomic mass is 14.7. The molecule has 0 saturated carbocycles. The summed E-state index contributed by atoms with van der Waals surface area (Å²) in [6.45, 7) is 7.50. The Bertz CT molecular complexity index is 154. The highest BCUT2D eigenvalue weighted by molar-refractivity contribution is 5.97. The smallest absolute Gasteiger partial charge is 0.0425 e. The molecule has 0 fully saturated rings. The third kappa shape index (κ3) is 3.53. The Hall–Kier alpha value is -1.05. The fraction of sp³-hybridized carbons (Fsp3) is 0.286. The number of allylic oxidation sites excluding steroid dienone is 1. The first-order chi connectivity index (χ1) is 4.18. The van der Waals surface area contributed by atoms with Gasteiger partial charge in [-0.15, -0.1) is 0 Å². The van der Waals surface area contributed by atoms with Crippen LogP contribution in [-0.4, -0.2) is 5.71 Å². The van der Waals surface area contributed by atoms with E-state index in [1.54, 1.807) is 6.20 Å². The lowest BCUT2D eigenvalue weighted by molar-refractivity contribution is 1.44. The molecule has 2 N–H and O–H groups in total. The van der Waals surface area contributed by atoms with Crippen LogP contribution in [0.4, 0.5) is 0 Å². The Morgan fingerprint density at radius 3 is 2.44 bits per heavy atom. The van der Waals surface area contributed by atoms with Crippen LogP contribution in [0.1, 0.15) is 13.8 Å². The third-order valence-corrected chi connectivity index (χ3v) is 0.972. The highest BCUT2D eigenvalue weighted by Crippen LogP contribution is 1.91. The van der Waals surface area contributed by atoms with E-state index in [1.165, 1.54) is 6.20 Å². The van der Waals surface area contributed by atoms with Gasteiger partial charge in [0.1, 0.15) is 0 Å². The molecule has 0 amide bonds. The van der Waals surface area contributed by atoms with Crippen LogP contribution in [0.2, 0.25) is 0 Å². The third-order valence-electron chi connectivity index (χ3n) is 0.972. The fourth-order valence-electron chi connectivity index (χ4n) is 0.265. The van der Waals surface area contributed by atoms with Crippen LogP contribution in [-0.2, 0) is 0 Å². The second-order valence-electron chi connectivity index (χ2n) is 1.84. The molecule has 0 aliphatic heterocycles. The SMILES string of the molecule is C=C(C)C(C)=N/C=C\N. The molecule has 0 aromatic heterocycles. The predicted octanol–water partition coefficient (Wildman–Crippen LogP) is 1.45. The number of aliphatic imine (C=N–C) groups is 1. The lowest BCUT2D eigenvalue weighted by Gasteiger charge is -1.91. The molecule has 0 heterocycles. The van der Waals surface area contributed by atoms with E-state index >= 15 is 0 Å². The van der Waals surface area contributed by atoms with Gasteiger partial charge in [-0.05, 0) is 19.4 Å². The van der Waals surface area contributed by atoms with Gasteiger partial charge in [0.2, 0.25) is 0 Å². The Morgan fingerprint density at radius 2 is 2.11 bits per heavy atom. The molecule has 0 aliphatic carbocycles. The summed E-state index contributed by atoms with van der Waals surface area (Å²) in [7, 11) is 0. The van der Waals surface area contributed by atoms with E-state index in [0.29, 0.717) is 0 Å². The molecule has 0 rings (SSSR count). The van der Waals surface area contributed by atoms with Crippen molar-refractivity contribution in [2.75, 3.05) is 0 Å². The molecule has 2 heteroatoms. The number of hydrogen-bond acceptors (Lipinski definition) is 2. The molecule has 9 heavy (non-hydrogen) atoms. The monoisotopic (exact) mass is 124 g/mol. The van der Waals surface area contributed by atoms with Crippen molar-refractivity contribution < 1.29 is 0 Å². The largest absolute Gasteiger partial charge is 0.403 e. The normalized spacial score (nSPS) is 12.4. The van der Waals surface area contributed by atoms with Gasteiger partial charge in [-0.25, -0.2) is 0 Å². The maximum atomic E-state index is 5.06. The minimum atomic E-state index is 0.914. The Labute approximate surface area is 55.8 Å². The summed E-state index contributed by atoms with van der Waals surface area (Å²) in [4.78, 5) is 3.95. The maximum Gasteiger partial charge on any atom is 0.0425 e. The van der Waals surface area contributed by atoms with Crippen molar-refractivity contribution in [1.82, 2.24) is 0 Å². The number of rotatable bonds is 2. The van der Waals surface area contributed by atoms with Crippen LogP contribution >= 0.6 is 0 Å². The molecule has 0 spiro atoms. The minimum Gasteiger partial charge on any atom is -0.403 e. The molecule has 0 radical (unpaired) electrons. The van der Waals surface area contributed by atoms with E-state index in [9.17, 15) is 0 Å². The lowest BCUT2D eigenvalue weighted by Crippen LogP contribution is -1.89. The molecule has 50 valence electrons. The van der Waals surface area contributed by atoms with Crippen molar-refractivity contribution in [2.45, 2.75) is 13.8 Å². The molecule has 0 atom stereocenters. The molecule has 0 unspecified atom stereocenters. The first kappa shape index (κ1) is 7.95. The summed E-state index contributed by atoms with van der Waals surface area (Å²) in [6.07, 6.45) is 2.94. The zero-order chi connectivity index (χ0) is 7.28. The molecule has 0 saturated heterocycles. The van der Waals surface area contributed by atoms with E-state index in [-0.39, 0.29) is 0 Å². The van der Waals surface area contributed by atoms with Gasteiger partial charge in [-0.2, -0.15) is 0 Å².